The Balaban J connectivity index is 1.40. The molecule has 44 heavy (non-hydrogen) atoms. The number of benzene rings is 7. The molecule has 208 valence electrons. The Morgan fingerprint density at radius 1 is 0.500 bits per heavy atom. The van der Waals surface area contributed by atoms with Crippen molar-refractivity contribution in [2.75, 3.05) is 0 Å². The van der Waals surface area contributed by atoms with E-state index >= 15 is 0 Å². The van der Waals surface area contributed by atoms with E-state index in [1.54, 1.807) is 0 Å². The monoisotopic (exact) mass is 562 g/mol. The third-order valence-corrected chi connectivity index (χ3v) is 8.82. The maximum atomic E-state index is 6.37. The van der Waals surface area contributed by atoms with Crippen LogP contribution in [0.1, 0.15) is 11.3 Å². The minimum Gasteiger partial charge on any atom is -0.456 e. The third kappa shape index (κ3) is 4.25. The molecule has 0 unspecified atom stereocenters. The Kier molecular flexibility index (Phi) is 6.24. The summed E-state index contributed by atoms with van der Waals surface area (Å²) in [4.78, 5) is 0. The van der Waals surface area contributed by atoms with Crippen LogP contribution >= 0.6 is 0 Å². The predicted octanol–water partition coefficient (Wildman–Crippen LogP) is 10.3. The quantitative estimate of drug-likeness (QED) is 0.195. The van der Waals surface area contributed by atoms with E-state index in [4.69, 9.17) is 4.42 Å². The minimum absolute atomic E-state index is 0.871. The molecular formula is C43H30O. The molecule has 0 amide bonds. The van der Waals surface area contributed by atoms with E-state index in [0.29, 0.717) is 0 Å². The van der Waals surface area contributed by atoms with Crippen molar-refractivity contribution in [2.45, 2.75) is 6.92 Å². The molecule has 1 heterocycles. The Labute approximate surface area is 256 Å². The van der Waals surface area contributed by atoms with Gasteiger partial charge in [-0.25, -0.2) is 0 Å². The van der Waals surface area contributed by atoms with Gasteiger partial charge in [0.05, 0.1) is 0 Å². The van der Waals surface area contributed by atoms with Crippen molar-refractivity contribution in [1.29, 1.82) is 0 Å². The van der Waals surface area contributed by atoms with Crippen LogP contribution < -0.4 is 10.4 Å². The lowest BCUT2D eigenvalue weighted by molar-refractivity contribution is 0.601. The summed E-state index contributed by atoms with van der Waals surface area (Å²) >= 11 is 0. The van der Waals surface area contributed by atoms with Gasteiger partial charge in [0.15, 0.2) is 0 Å². The highest BCUT2D eigenvalue weighted by Crippen LogP contribution is 2.46. The van der Waals surface area contributed by atoms with Crippen molar-refractivity contribution in [2.24, 2.45) is 0 Å². The van der Waals surface area contributed by atoms with Gasteiger partial charge in [-0.1, -0.05) is 140 Å². The van der Waals surface area contributed by atoms with Gasteiger partial charge in [0, 0.05) is 10.9 Å². The Bertz CT molecular complexity index is 2410. The van der Waals surface area contributed by atoms with Crippen LogP contribution in [-0.4, -0.2) is 0 Å². The molecule has 0 aliphatic carbocycles. The molecule has 8 aromatic rings. The van der Waals surface area contributed by atoms with Crippen LogP contribution in [0.15, 0.2) is 150 Å². The first kappa shape index (κ1) is 26.0. The van der Waals surface area contributed by atoms with E-state index < -0.39 is 0 Å². The average Bonchev–Trinajstić information content (AvgIpc) is 3.39. The fourth-order valence-electron chi connectivity index (χ4n) is 6.65. The lowest BCUT2D eigenvalue weighted by Crippen LogP contribution is -2.21. The zero-order chi connectivity index (χ0) is 29.6. The molecule has 1 aromatic heterocycles. The van der Waals surface area contributed by atoms with E-state index in [2.05, 4.69) is 147 Å². The summed E-state index contributed by atoms with van der Waals surface area (Å²) in [6, 6.07) is 51.9. The summed E-state index contributed by atoms with van der Waals surface area (Å²) in [6.45, 7) is 6.34. The number of hydrogen-bond donors (Lipinski definition) is 0. The lowest BCUT2D eigenvalue weighted by atomic mass is 9.83. The van der Waals surface area contributed by atoms with Crippen molar-refractivity contribution in [3.05, 3.63) is 167 Å². The fourth-order valence-corrected chi connectivity index (χ4v) is 6.65. The number of rotatable bonds is 4. The Morgan fingerprint density at radius 2 is 1.07 bits per heavy atom. The maximum absolute atomic E-state index is 6.37. The van der Waals surface area contributed by atoms with Crippen LogP contribution in [0.2, 0.25) is 0 Å². The molecule has 8 rings (SSSR count). The molecule has 0 atom stereocenters. The van der Waals surface area contributed by atoms with E-state index in [1.807, 2.05) is 18.2 Å². The molecule has 0 saturated carbocycles. The van der Waals surface area contributed by atoms with Crippen LogP contribution in [-0.2, 0) is 0 Å². The van der Waals surface area contributed by atoms with Gasteiger partial charge in [0.25, 0.3) is 0 Å². The van der Waals surface area contributed by atoms with Crippen molar-refractivity contribution < 1.29 is 4.42 Å². The zero-order valence-corrected chi connectivity index (χ0v) is 24.5. The summed E-state index contributed by atoms with van der Waals surface area (Å²) in [5.74, 6) is 0.871. The molecule has 1 nitrogen and oxygen atoms in total. The molecule has 0 spiro atoms. The second kappa shape index (κ2) is 10.6. The molecule has 0 bridgehead atoms. The van der Waals surface area contributed by atoms with Gasteiger partial charge in [-0.2, -0.15) is 0 Å². The SMILES string of the molecule is C=c1cccc/c1=C/c1oc2ccc(-c3c4ccccc4c(-c4ccccc4-c4ccccc4)c4ccccc34)cc2c1C. The molecule has 0 saturated heterocycles. The van der Waals surface area contributed by atoms with Crippen molar-refractivity contribution in [3.8, 4) is 33.4 Å². The summed E-state index contributed by atoms with van der Waals surface area (Å²) in [6.07, 6.45) is 2.10. The standard InChI is InChI=1S/C43H30O/c1-28-14-6-7-17-31(28)27-41-29(2)39-26-32(24-25-40(39)44-41)42-35-20-10-12-22-37(35)43(38-23-13-11-21-36(38)42)34-19-9-8-18-33(34)30-15-4-3-5-16-30/h3-27H,1H2,2H3/b31-27-. The van der Waals surface area contributed by atoms with Crippen LogP contribution in [0.4, 0.5) is 0 Å². The van der Waals surface area contributed by atoms with Crippen LogP contribution in [0, 0.1) is 6.92 Å². The summed E-state index contributed by atoms with van der Waals surface area (Å²) in [7, 11) is 0. The molecule has 1 heteroatoms. The number of hydrogen-bond acceptors (Lipinski definition) is 1. The molecule has 0 radical (unpaired) electrons. The highest BCUT2D eigenvalue weighted by Gasteiger charge is 2.19. The highest BCUT2D eigenvalue weighted by molar-refractivity contribution is 6.22. The second-order valence-electron chi connectivity index (χ2n) is 11.4. The second-order valence-corrected chi connectivity index (χ2v) is 11.4. The predicted molar refractivity (Wildman–Crippen MR) is 187 cm³/mol. The normalized spacial score (nSPS) is 12.0. The minimum atomic E-state index is 0.871. The largest absolute Gasteiger partial charge is 0.456 e. The zero-order valence-electron chi connectivity index (χ0n) is 24.5. The maximum Gasteiger partial charge on any atom is 0.135 e. The van der Waals surface area contributed by atoms with Gasteiger partial charge in [0.2, 0.25) is 0 Å². The van der Waals surface area contributed by atoms with Crippen LogP contribution in [0.5, 0.6) is 0 Å². The number of aryl methyl sites for hydroxylation is 1. The van der Waals surface area contributed by atoms with E-state index in [-0.39, 0.29) is 0 Å². The van der Waals surface area contributed by atoms with Crippen LogP contribution in [0.3, 0.4) is 0 Å². The molecule has 0 aliphatic heterocycles. The van der Waals surface area contributed by atoms with Gasteiger partial charge in [-0.3, -0.25) is 0 Å². The molecule has 0 aliphatic rings. The summed E-state index contributed by atoms with van der Waals surface area (Å²) in [5, 5.41) is 8.15. The van der Waals surface area contributed by atoms with Crippen molar-refractivity contribution in [3.63, 3.8) is 0 Å². The first-order valence-electron chi connectivity index (χ1n) is 15.0. The molecule has 0 fully saturated rings. The first-order chi connectivity index (χ1) is 21.7. The van der Waals surface area contributed by atoms with E-state index in [9.17, 15) is 0 Å². The number of furan rings is 1. The summed E-state index contributed by atoms with van der Waals surface area (Å²) in [5.41, 5.74) is 9.41. The third-order valence-electron chi connectivity index (χ3n) is 8.82. The topological polar surface area (TPSA) is 13.1 Å². The average molecular weight is 563 g/mol. The molecule has 7 aromatic carbocycles. The van der Waals surface area contributed by atoms with Crippen molar-refractivity contribution >= 4 is 45.2 Å². The molecular weight excluding hydrogens is 532 g/mol. The van der Waals surface area contributed by atoms with E-state index in [1.165, 1.54) is 54.9 Å². The lowest BCUT2D eigenvalue weighted by Gasteiger charge is -2.19. The van der Waals surface area contributed by atoms with E-state index in [0.717, 1.165) is 32.7 Å². The van der Waals surface area contributed by atoms with Gasteiger partial charge >= 0.3 is 0 Å². The van der Waals surface area contributed by atoms with Gasteiger partial charge < -0.3 is 4.42 Å². The number of fused-ring (bicyclic) bond motifs is 3. The molecule has 0 N–H and O–H groups in total. The van der Waals surface area contributed by atoms with Gasteiger partial charge in [0.1, 0.15) is 11.3 Å². The summed E-state index contributed by atoms with van der Waals surface area (Å²) < 4.78 is 6.37. The van der Waals surface area contributed by atoms with Gasteiger partial charge in [-0.15, -0.1) is 0 Å². The fraction of sp³-hybridized carbons (Fsp3) is 0.0233. The smallest absolute Gasteiger partial charge is 0.135 e. The first-order valence-corrected chi connectivity index (χ1v) is 15.0. The highest BCUT2D eigenvalue weighted by atomic mass is 16.3. The van der Waals surface area contributed by atoms with Crippen LogP contribution in [0.25, 0.3) is 78.5 Å². The Hall–Kier alpha value is -5.66. The van der Waals surface area contributed by atoms with Crippen molar-refractivity contribution in [1.82, 2.24) is 0 Å². The Morgan fingerprint density at radius 3 is 1.75 bits per heavy atom. The van der Waals surface area contributed by atoms with Gasteiger partial charge in [-0.05, 0) is 90.5 Å².